The number of anilines is 3. The van der Waals surface area contributed by atoms with Crippen LogP contribution in [-0.4, -0.2) is 22.4 Å². The maximum atomic E-state index is 11.5. The number of carbonyl (C=O) groups excluding carboxylic acids is 1. The molecule has 20 heavy (non-hydrogen) atoms. The third-order valence-electron chi connectivity index (χ3n) is 3.72. The molecular weight excluding hydrogens is 276 g/mol. The van der Waals surface area contributed by atoms with Gasteiger partial charge in [-0.25, -0.2) is 9.97 Å². The van der Waals surface area contributed by atoms with E-state index in [1.807, 2.05) is 18.2 Å². The number of aromatic nitrogens is 2. The number of nitrogens with zero attached hydrogens (tertiary/aromatic N) is 3. The van der Waals surface area contributed by atoms with Crippen molar-refractivity contribution in [1.29, 1.82) is 0 Å². The number of amides is 1. The van der Waals surface area contributed by atoms with E-state index in [1.165, 1.54) is 11.9 Å². The fraction of sp³-hybridized carbons (Fsp3) is 0.214. The van der Waals surface area contributed by atoms with E-state index in [-0.39, 0.29) is 5.91 Å². The molecule has 1 aromatic carbocycles. The number of halogens is 1. The van der Waals surface area contributed by atoms with E-state index < -0.39 is 0 Å². The van der Waals surface area contributed by atoms with Gasteiger partial charge in [-0.05, 0) is 24.1 Å². The van der Waals surface area contributed by atoms with Gasteiger partial charge in [0.15, 0.2) is 0 Å². The monoisotopic (exact) mass is 286 g/mol. The molecular formula is C14H11ClN4O. The molecule has 1 amide bonds. The van der Waals surface area contributed by atoms with Crippen LogP contribution in [0.1, 0.15) is 11.1 Å². The molecule has 0 atom stereocenters. The number of carbonyl (C=O) groups is 1. The van der Waals surface area contributed by atoms with Gasteiger partial charge < -0.3 is 10.2 Å². The summed E-state index contributed by atoms with van der Waals surface area (Å²) in [6.45, 7) is 0.841. The normalized spacial score (nSPS) is 16.1. The summed E-state index contributed by atoms with van der Waals surface area (Å²) in [6, 6.07) is 5.89. The highest BCUT2D eigenvalue weighted by Crippen LogP contribution is 2.39. The Bertz CT molecular complexity index is 731. The van der Waals surface area contributed by atoms with Crippen molar-refractivity contribution in [2.75, 3.05) is 16.8 Å². The van der Waals surface area contributed by atoms with Gasteiger partial charge in [-0.15, -0.1) is 0 Å². The van der Waals surface area contributed by atoms with E-state index in [0.717, 1.165) is 30.0 Å². The molecule has 5 nitrogen and oxygen atoms in total. The zero-order valence-electron chi connectivity index (χ0n) is 10.6. The lowest BCUT2D eigenvalue weighted by atomic mass is 10.1. The van der Waals surface area contributed by atoms with Crippen LogP contribution < -0.4 is 10.2 Å². The fourth-order valence-electron chi connectivity index (χ4n) is 2.82. The molecule has 0 bridgehead atoms. The minimum atomic E-state index is -0.0349. The summed E-state index contributed by atoms with van der Waals surface area (Å²) in [5.74, 6) is 1.39. The van der Waals surface area contributed by atoms with Crippen LogP contribution in [0.15, 0.2) is 24.5 Å². The minimum absolute atomic E-state index is 0.0349. The molecule has 0 unspecified atom stereocenters. The summed E-state index contributed by atoms with van der Waals surface area (Å²) in [5, 5.41) is 3.46. The van der Waals surface area contributed by atoms with Crippen LogP contribution in [-0.2, 0) is 17.6 Å². The molecule has 100 valence electrons. The van der Waals surface area contributed by atoms with E-state index in [0.29, 0.717) is 17.3 Å². The lowest BCUT2D eigenvalue weighted by Crippen LogP contribution is -2.17. The highest BCUT2D eigenvalue weighted by molar-refractivity contribution is 6.31. The van der Waals surface area contributed by atoms with Crippen molar-refractivity contribution in [3.05, 3.63) is 40.7 Å². The van der Waals surface area contributed by atoms with E-state index in [9.17, 15) is 4.79 Å². The molecule has 2 aromatic rings. The van der Waals surface area contributed by atoms with Crippen LogP contribution >= 0.6 is 11.6 Å². The number of hydrogen-bond acceptors (Lipinski definition) is 4. The largest absolute Gasteiger partial charge is 0.325 e. The molecule has 0 aliphatic carbocycles. The number of benzene rings is 1. The van der Waals surface area contributed by atoms with E-state index in [4.69, 9.17) is 11.6 Å². The van der Waals surface area contributed by atoms with E-state index in [2.05, 4.69) is 20.2 Å². The van der Waals surface area contributed by atoms with Crippen LogP contribution in [0, 0.1) is 0 Å². The Kier molecular flexibility index (Phi) is 2.44. The SMILES string of the molecule is O=C1Cc2c(ncnc2N2CCc3ccc(Cl)cc32)N1. The maximum Gasteiger partial charge on any atom is 0.230 e. The quantitative estimate of drug-likeness (QED) is 0.874. The Morgan fingerprint density at radius 1 is 1.30 bits per heavy atom. The smallest absolute Gasteiger partial charge is 0.230 e. The van der Waals surface area contributed by atoms with Crippen molar-refractivity contribution in [1.82, 2.24) is 9.97 Å². The Hall–Kier alpha value is -2.14. The van der Waals surface area contributed by atoms with Crippen LogP contribution in [0.5, 0.6) is 0 Å². The predicted octanol–water partition coefficient (Wildman–Crippen LogP) is 2.32. The molecule has 6 heteroatoms. The van der Waals surface area contributed by atoms with Crippen molar-refractivity contribution in [2.45, 2.75) is 12.8 Å². The molecule has 2 aliphatic heterocycles. The average Bonchev–Trinajstić information content (AvgIpc) is 3.00. The molecule has 0 fully saturated rings. The van der Waals surface area contributed by atoms with Crippen molar-refractivity contribution in [3.8, 4) is 0 Å². The second-order valence-corrected chi connectivity index (χ2v) is 5.36. The summed E-state index contributed by atoms with van der Waals surface area (Å²) in [6.07, 6.45) is 2.77. The van der Waals surface area contributed by atoms with Gasteiger partial charge in [-0.3, -0.25) is 4.79 Å². The van der Waals surface area contributed by atoms with Crippen LogP contribution in [0.3, 0.4) is 0 Å². The summed E-state index contributed by atoms with van der Waals surface area (Å²) < 4.78 is 0. The van der Waals surface area contributed by atoms with Crippen LogP contribution in [0.2, 0.25) is 5.02 Å². The zero-order chi connectivity index (χ0) is 13.7. The predicted molar refractivity (Wildman–Crippen MR) is 76.5 cm³/mol. The lowest BCUT2D eigenvalue weighted by Gasteiger charge is -2.20. The Morgan fingerprint density at radius 2 is 2.20 bits per heavy atom. The first kappa shape index (κ1) is 11.7. The third-order valence-corrected chi connectivity index (χ3v) is 3.95. The summed E-state index contributed by atoms with van der Waals surface area (Å²) in [7, 11) is 0. The van der Waals surface area contributed by atoms with Gasteiger partial charge in [0.2, 0.25) is 5.91 Å². The Balaban J connectivity index is 1.84. The molecule has 0 radical (unpaired) electrons. The third kappa shape index (κ3) is 1.67. The van der Waals surface area contributed by atoms with E-state index >= 15 is 0 Å². The van der Waals surface area contributed by atoms with E-state index in [1.54, 1.807) is 0 Å². The highest BCUT2D eigenvalue weighted by atomic mass is 35.5. The minimum Gasteiger partial charge on any atom is -0.325 e. The molecule has 1 N–H and O–H groups in total. The van der Waals surface area contributed by atoms with Gasteiger partial charge in [0, 0.05) is 22.8 Å². The van der Waals surface area contributed by atoms with Gasteiger partial charge in [0.1, 0.15) is 18.0 Å². The second-order valence-electron chi connectivity index (χ2n) is 4.92. The van der Waals surface area contributed by atoms with Crippen molar-refractivity contribution in [2.24, 2.45) is 0 Å². The van der Waals surface area contributed by atoms with Gasteiger partial charge >= 0.3 is 0 Å². The first-order chi connectivity index (χ1) is 9.72. The molecule has 2 aliphatic rings. The number of nitrogens with one attached hydrogen (secondary N) is 1. The first-order valence-corrected chi connectivity index (χ1v) is 6.80. The summed E-state index contributed by atoms with van der Waals surface area (Å²) in [4.78, 5) is 22.2. The average molecular weight is 287 g/mol. The second kappa shape index (κ2) is 4.18. The summed E-state index contributed by atoms with van der Waals surface area (Å²) >= 11 is 6.09. The topological polar surface area (TPSA) is 58.1 Å². The van der Waals surface area contributed by atoms with Crippen molar-refractivity contribution >= 4 is 34.8 Å². The lowest BCUT2D eigenvalue weighted by molar-refractivity contribution is -0.115. The van der Waals surface area contributed by atoms with Crippen LogP contribution in [0.4, 0.5) is 17.3 Å². The highest BCUT2D eigenvalue weighted by Gasteiger charge is 2.29. The molecule has 0 spiro atoms. The number of fused-ring (bicyclic) bond motifs is 2. The molecule has 4 rings (SSSR count). The standard InChI is InChI=1S/C14H11ClN4O/c15-9-2-1-8-3-4-19(11(8)5-9)14-10-6-12(20)18-13(10)16-7-17-14/h1-2,5,7H,3-4,6H2,(H,16,17,18,20). The molecule has 0 saturated heterocycles. The fourth-order valence-corrected chi connectivity index (χ4v) is 2.98. The first-order valence-electron chi connectivity index (χ1n) is 6.42. The van der Waals surface area contributed by atoms with Crippen molar-refractivity contribution < 1.29 is 4.79 Å². The van der Waals surface area contributed by atoms with Crippen molar-refractivity contribution in [3.63, 3.8) is 0 Å². The van der Waals surface area contributed by atoms with Crippen LogP contribution in [0.25, 0.3) is 0 Å². The van der Waals surface area contributed by atoms with Gasteiger partial charge in [-0.1, -0.05) is 17.7 Å². The van der Waals surface area contributed by atoms with Gasteiger partial charge in [0.05, 0.1) is 6.42 Å². The molecule has 0 saturated carbocycles. The Morgan fingerprint density at radius 3 is 3.10 bits per heavy atom. The Labute approximate surface area is 120 Å². The molecule has 3 heterocycles. The maximum absolute atomic E-state index is 11.5. The number of rotatable bonds is 1. The van der Waals surface area contributed by atoms with Gasteiger partial charge in [0.25, 0.3) is 0 Å². The zero-order valence-corrected chi connectivity index (χ0v) is 11.3. The molecule has 1 aromatic heterocycles. The van der Waals surface area contributed by atoms with Gasteiger partial charge in [-0.2, -0.15) is 0 Å². The summed E-state index contributed by atoms with van der Waals surface area (Å²) in [5.41, 5.74) is 3.18. The number of hydrogen-bond donors (Lipinski definition) is 1.